The van der Waals surface area contributed by atoms with Crippen molar-refractivity contribution in [1.29, 1.82) is 0 Å². The molecule has 0 saturated heterocycles. The van der Waals surface area contributed by atoms with Gasteiger partial charge in [-0.1, -0.05) is 53.8 Å². The lowest BCUT2D eigenvalue weighted by Crippen LogP contribution is -2.17. The van der Waals surface area contributed by atoms with Gasteiger partial charge in [0.25, 0.3) is 5.56 Å². The van der Waals surface area contributed by atoms with Crippen molar-refractivity contribution in [1.82, 2.24) is 9.38 Å². The third-order valence-electron chi connectivity index (χ3n) is 5.86. The second-order valence-corrected chi connectivity index (χ2v) is 8.96. The van der Waals surface area contributed by atoms with E-state index >= 15 is 0 Å². The number of nitrogens with zero attached hydrogens (tertiary/aromatic N) is 2. The van der Waals surface area contributed by atoms with Gasteiger partial charge < -0.3 is 4.74 Å². The summed E-state index contributed by atoms with van der Waals surface area (Å²) in [6.45, 7) is 1.92. The fourth-order valence-corrected chi connectivity index (χ4v) is 5.07. The van der Waals surface area contributed by atoms with Gasteiger partial charge in [0.1, 0.15) is 5.75 Å². The first kappa shape index (κ1) is 22.9. The van der Waals surface area contributed by atoms with Gasteiger partial charge in [0, 0.05) is 0 Å². The van der Waals surface area contributed by atoms with Crippen LogP contribution in [0.3, 0.4) is 0 Å². The molecule has 5 aromatic rings. The number of aromatic nitrogens is 2. The van der Waals surface area contributed by atoms with Gasteiger partial charge in [0.05, 0.1) is 34.1 Å². The van der Waals surface area contributed by atoms with Gasteiger partial charge in [-0.05, 0) is 60.0 Å². The van der Waals surface area contributed by atoms with Crippen LogP contribution in [-0.2, 0) is 6.18 Å². The van der Waals surface area contributed by atoms with Crippen molar-refractivity contribution in [3.8, 4) is 16.9 Å². The van der Waals surface area contributed by atoms with E-state index in [-0.39, 0.29) is 11.1 Å². The molecule has 0 N–H and O–H groups in total. The Bertz CT molecular complexity index is 1650. The van der Waals surface area contributed by atoms with Crippen LogP contribution in [0.1, 0.15) is 22.4 Å². The Hall–Kier alpha value is -3.91. The summed E-state index contributed by atoms with van der Waals surface area (Å²) in [6, 6.07) is 17.7. The van der Waals surface area contributed by atoms with Crippen molar-refractivity contribution in [2.75, 3.05) is 7.11 Å². The maximum Gasteiger partial charge on any atom is 0.416 e. The summed E-state index contributed by atoms with van der Waals surface area (Å²) < 4.78 is 47.2. The number of hydrogen-bond donors (Lipinski definition) is 0. The molecule has 5 rings (SSSR count). The first-order valence-electron chi connectivity index (χ1n) is 10.7. The lowest BCUT2D eigenvalue weighted by Gasteiger charge is -2.10. The number of alkyl halides is 3. The van der Waals surface area contributed by atoms with Gasteiger partial charge in [0.15, 0.2) is 4.96 Å². The smallest absolute Gasteiger partial charge is 0.416 e. The van der Waals surface area contributed by atoms with Crippen molar-refractivity contribution in [3.05, 3.63) is 99.5 Å². The molecule has 2 aromatic heterocycles. The van der Waals surface area contributed by atoms with Crippen LogP contribution in [0.25, 0.3) is 38.5 Å². The molecule has 176 valence electrons. The molecule has 0 spiro atoms. The molecule has 0 bridgehead atoms. The van der Waals surface area contributed by atoms with Gasteiger partial charge in [0.2, 0.25) is 0 Å². The average molecular weight is 493 g/mol. The highest BCUT2D eigenvalue weighted by molar-refractivity contribution is 7.23. The second-order valence-electron chi connectivity index (χ2n) is 7.95. The number of benzene rings is 3. The van der Waals surface area contributed by atoms with E-state index in [1.165, 1.54) is 27.9 Å². The number of hydrogen-bond acceptors (Lipinski definition) is 4. The zero-order valence-electron chi connectivity index (χ0n) is 18.8. The Morgan fingerprint density at radius 3 is 2.43 bits per heavy atom. The molecule has 0 aliphatic carbocycles. The zero-order chi connectivity index (χ0) is 24.7. The van der Waals surface area contributed by atoms with E-state index in [4.69, 9.17) is 9.72 Å². The molecule has 0 amide bonds. The fourth-order valence-electron chi connectivity index (χ4n) is 4.04. The van der Waals surface area contributed by atoms with Crippen LogP contribution in [0.5, 0.6) is 5.75 Å². The Morgan fingerprint density at radius 2 is 1.71 bits per heavy atom. The molecule has 3 aromatic carbocycles. The maximum atomic E-state index is 13.7. The molecule has 4 nitrogen and oxygen atoms in total. The minimum atomic E-state index is -4.47. The first-order chi connectivity index (χ1) is 16.8. The normalized spacial score (nSPS) is 12.1. The lowest BCUT2D eigenvalue weighted by molar-refractivity contribution is -0.137. The summed E-state index contributed by atoms with van der Waals surface area (Å²) in [6.07, 6.45) is -0.913. The summed E-state index contributed by atoms with van der Waals surface area (Å²) in [5, 5.41) is 0. The Kier molecular flexibility index (Phi) is 5.68. The standard InChI is InChI=1S/C27H19F3N2O2S/c1-16-17(6-5-8-22(16)34-2)12-15-20-24(18-10-13-19(14-11-18)27(28,29)30)25(33)32-21-7-3-4-9-23(21)35-26(32)31-20/h3-15H,1-2H3/b15-12+. The van der Waals surface area contributed by atoms with Crippen molar-refractivity contribution in [2.24, 2.45) is 0 Å². The van der Waals surface area contributed by atoms with E-state index in [9.17, 15) is 18.0 Å². The number of fused-ring (bicyclic) bond motifs is 3. The van der Waals surface area contributed by atoms with E-state index < -0.39 is 11.7 Å². The largest absolute Gasteiger partial charge is 0.496 e. The second kappa shape index (κ2) is 8.70. The Balaban J connectivity index is 1.75. The van der Waals surface area contributed by atoms with Crippen molar-refractivity contribution < 1.29 is 17.9 Å². The molecule has 35 heavy (non-hydrogen) atoms. The van der Waals surface area contributed by atoms with Crippen molar-refractivity contribution in [2.45, 2.75) is 13.1 Å². The van der Waals surface area contributed by atoms with Crippen LogP contribution in [0.15, 0.2) is 71.5 Å². The third kappa shape index (κ3) is 4.10. The van der Waals surface area contributed by atoms with E-state index in [1.54, 1.807) is 13.2 Å². The molecule has 0 unspecified atom stereocenters. The first-order valence-corrected chi connectivity index (χ1v) is 11.5. The predicted octanol–water partition coefficient (Wildman–Crippen LogP) is 7.08. The molecule has 2 heterocycles. The summed E-state index contributed by atoms with van der Waals surface area (Å²) in [5.74, 6) is 0.725. The summed E-state index contributed by atoms with van der Waals surface area (Å²) >= 11 is 1.38. The van der Waals surface area contributed by atoms with Gasteiger partial charge in [-0.15, -0.1) is 0 Å². The summed E-state index contributed by atoms with van der Waals surface area (Å²) in [4.78, 5) is 19.0. The van der Waals surface area contributed by atoms with Crippen molar-refractivity contribution in [3.63, 3.8) is 0 Å². The van der Waals surface area contributed by atoms with E-state index in [0.29, 0.717) is 21.7 Å². The highest BCUT2D eigenvalue weighted by Crippen LogP contribution is 2.32. The van der Waals surface area contributed by atoms with E-state index in [0.717, 1.165) is 33.7 Å². The molecule has 0 aliphatic heterocycles. The van der Waals surface area contributed by atoms with Gasteiger partial charge in [-0.3, -0.25) is 9.20 Å². The van der Waals surface area contributed by atoms with Gasteiger partial charge >= 0.3 is 6.18 Å². The molecular formula is C27H19F3N2O2S. The monoisotopic (exact) mass is 492 g/mol. The van der Waals surface area contributed by atoms with Gasteiger partial charge in [-0.25, -0.2) is 4.98 Å². The number of halogens is 3. The van der Waals surface area contributed by atoms with Crippen LogP contribution in [-0.4, -0.2) is 16.5 Å². The quantitative estimate of drug-likeness (QED) is 0.269. The summed E-state index contributed by atoms with van der Waals surface area (Å²) in [7, 11) is 1.59. The average Bonchev–Trinajstić information content (AvgIpc) is 3.22. The SMILES string of the molecule is COc1cccc(/C=C/c2nc3sc4ccccc4n3c(=O)c2-c2ccc(C(F)(F)F)cc2)c1C. The van der Waals surface area contributed by atoms with Crippen LogP contribution >= 0.6 is 11.3 Å². The van der Waals surface area contributed by atoms with E-state index in [1.807, 2.05) is 55.5 Å². The van der Waals surface area contributed by atoms with Crippen LogP contribution in [0, 0.1) is 6.92 Å². The maximum absolute atomic E-state index is 13.7. The molecule has 0 aliphatic rings. The molecule has 0 radical (unpaired) electrons. The van der Waals surface area contributed by atoms with Crippen molar-refractivity contribution >= 4 is 38.7 Å². The minimum absolute atomic E-state index is 0.233. The van der Waals surface area contributed by atoms with Crippen LogP contribution in [0.4, 0.5) is 13.2 Å². The van der Waals surface area contributed by atoms with Crippen LogP contribution < -0.4 is 10.3 Å². The predicted molar refractivity (Wildman–Crippen MR) is 134 cm³/mol. The summed E-state index contributed by atoms with van der Waals surface area (Å²) in [5.41, 5.74) is 2.36. The number of thiazole rings is 1. The number of rotatable bonds is 4. The zero-order valence-corrected chi connectivity index (χ0v) is 19.6. The fraction of sp³-hybridized carbons (Fsp3) is 0.111. The highest BCUT2D eigenvalue weighted by atomic mass is 32.1. The molecular weight excluding hydrogens is 473 g/mol. The highest BCUT2D eigenvalue weighted by Gasteiger charge is 2.30. The minimum Gasteiger partial charge on any atom is -0.496 e. The van der Waals surface area contributed by atoms with E-state index in [2.05, 4.69) is 0 Å². The molecule has 8 heteroatoms. The lowest BCUT2D eigenvalue weighted by atomic mass is 10.0. The number of ether oxygens (including phenoxy) is 1. The molecule has 0 fully saturated rings. The Morgan fingerprint density at radius 1 is 0.971 bits per heavy atom. The number of methoxy groups -OCH3 is 1. The third-order valence-corrected chi connectivity index (χ3v) is 6.88. The van der Waals surface area contributed by atoms with Gasteiger partial charge in [-0.2, -0.15) is 13.2 Å². The topological polar surface area (TPSA) is 43.6 Å². The molecule has 0 atom stereocenters. The van der Waals surface area contributed by atoms with Crippen LogP contribution in [0.2, 0.25) is 0 Å². The number of para-hydroxylation sites is 1. The Labute approximate surface area is 202 Å². The molecule has 0 saturated carbocycles.